The van der Waals surface area contributed by atoms with Crippen molar-refractivity contribution in [2.75, 3.05) is 25.2 Å². The smallest absolute Gasteiger partial charge is 0.232 e. The molecule has 0 aliphatic heterocycles. The molecule has 27 heavy (non-hydrogen) atoms. The fraction of sp³-hybridized carbons (Fsp3) is 0.211. The van der Waals surface area contributed by atoms with Gasteiger partial charge in [0.05, 0.1) is 19.3 Å². The second kappa shape index (κ2) is 8.79. The molecule has 1 aromatic heterocycles. The highest BCUT2D eigenvalue weighted by Crippen LogP contribution is 2.25. The van der Waals surface area contributed by atoms with Crippen LogP contribution in [0.15, 0.2) is 53.0 Å². The number of hydrogen-bond donors (Lipinski definition) is 2. The number of nitrogen functional groups attached to an aromatic ring is 1. The van der Waals surface area contributed by atoms with Gasteiger partial charge in [0.2, 0.25) is 11.9 Å². The number of aromatic nitrogens is 3. The van der Waals surface area contributed by atoms with Gasteiger partial charge in [0.1, 0.15) is 11.6 Å². The quantitative estimate of drug-likeness (QED) is 0.593. The van der Waals surface area contributed by atoms with E-state index in [2.05, 4.69) is 47.2 Å². The molecule has 2 aromatic carbocycles. The number of anilines is 3. The highest BCUT2D eigenvalue weighted by Gasteiger charge is 2.11. The van der Waals surface area contributed by atoms with Gasteiger partial charge in [-0.2, -0.15) is 15.0 Å². The van der Waals surface area contributed by atoms with E-state index in [0.29, 0.717) is 24.1 Å². The summed E-state index contributed by atoms with van der Waals surface area (Å²) in [5.41, 5.74) is 7.83. The van der Waals surface area contributed by atoms with Gasteiger partial charge in [-0.15, -0.1) is 0 Å². The number of para-hydroxylation sites is 2. The number of methoxy groups -OCH3 is 1. The highest BCUT2D eigenvalue weighted by molar-refractivity contribution is 9.10. The molecule has 0 unspecified atom stereocenters. The number of nitrogens with one attached hydrogen (secondary N) is 1. The SMILES string of the molecule is COc1ccccc1Nc1nc(N)nc(CN(C)Cc2ccccc2Br)n1. The van der Waals surface area contributed by atoms with E-state index in [1.807, 2.05) is 49.5 Å². The lowest BCUT2D eigenvalue weighted by Gasteiger charge is -2.17. The summed E-state index contributed by atoms with van der Waals surface area (Å²) in [7, 11) is 3.62. The van der Waals surface area contributed by atoms with Crippen LogP contribution in [0.2, 0.25) is 0 Å². The van der Waals surface area contributed by atoms with Crippen LogP contribution >= 0.6 is 15.9 Å². The molecular weight excluding hydrogens is 408 g/mol. The van der Waals surface area contributed by atoms with Crippen LogP contribution in [0.25, 0.3) is 0 Å². The molecule has 3 aromatic rings. The summed E-state index contributed by atoms with van der Waals surface area (Å²) >= 11 is 3.57. The Bertz CT molecular complexity index is 920. The maximum atomic E-state index is 5.88. The number of nitrogens with zero attached hydrogens (tertiary/aromatic N) is 4. The summed E-state index contributed by atoms with van der Waals surface area (Å²) in [5, 5.41) is 3.14. The first-order chi connectivity index (χ1) is 13.0. The second-order valence-corrected chi connectivity index (χ2v) is 6.88. The molecule has 140 valence electrons. The molecule has 0 saturated heterocycles. The van der Waals surface area contributed by atoms with E-state index in [0.717, 1.165) is 16.7 Å². The fourth-order valence-corrected chi connectivity index (χ4v) is 3.06. The molecule has 3 rings (SSSR count). The molecule has 0 spiro atoms. The van der Waals surface area contributed by atoms with Crippen LogP contribution in [-0.2, 0) is 13.1 Å². The van der Waals surface area contributed by atoms with E-state index >= 15 is 0 Å². The van der Waals surface area contributed by atoms with E-state index in [-0.39, 0.29) is 5.95 Å². The third-order valence-electron chi connectivity index (χ3n) is 3.86. The van der Waals surface area contributed by atoms with Crippen molar-refractivity contribution in [3.63, 3.8) is 0 Å². The van der Waals surface area contributed by atoms with Crippen LogP contribution in [-0.4, -0.2) is 34.0 Å². The molecule has 3 N–H and O–H groups in total. The first kappa shape index (κ1) is 19.1. The third-order valence-corrected chi connectivity index (χ3v) is 4.64. The molecular formula is C19H21BrN6O. The Balaban J connectivity index is 1.74. The van der Waals surface area contributed by atoms with Crippen molar-refractivity contribution in [3.05, 3.63) is 64.4 Å². The summed E-state index contributed by atoms with van der Waals surface area (Å²) in [6, 6.07) is 15.7. The summed E-state index contributed by atoms with van der Waals surface area (Å²) in [6.45, 7) is 1.29. The summed E-state index contributed by atoms with van der Waals surface area (Å²) in [6.07, 6.45) is 0. The molecule has 0 saturated carbocycles. The minimum Gasteiger partial charge on any atom is -0.495 e. The van der Waals surface area contributed by atoms with Crippen molar-refractivity contribution in [2.24, 2.45) is 0 Å². The third kappa shape index (κ3) is 5.15. The van der Waals surface area contributed by atoms with Crippen LogP contribution in [0.1, 0.15) is 11.4 Å². The van der Waals surface area contributed by atoms with Gasteiger partial charge in [0.15, 0.2) is 0 Å². The van der Waals surface area contributed by atoms with Gasteiger partial charge in [0, 0.05) is 11.0 Å². The Hall–Kier alpha value is -2.71. The maximum Gasteiger partial charge on any atom is 0.232 e. The lowest BCUT2D eigenvalue weighted by Crippen LogP contribution is -2.20. The van der Waals surface area contributed by atoms with Gasteiger partial charge in [0.25, 0.3) is 0 Å². The lowest BCUT2D eigenvalue weighted by molar-refractivity contribution is 0.310. The van der Waals surface area contributed by atoms with Gasteiger partial charge in [-0.05, 0) is 30.8 Å². The molecule has 0 aliphatic rings. The predicted octanol–water partition coefficient (Wildman–Crippen LogP) is 3.60. The Kier molecular flexibility index (Phi) is 6.20. The molecule has 1 heterocycles. The molecule has 0 fully saturated rings. The zero-order valence-corrected chi connectivity index (χ0v) is 16.8. The lowest BCUT2D eigenvalue weighted by atomic mass is 10.2. The fourth-order valence-electron chi connectivity index (χ4n) is 2.65. The largest absolute Gasteiger partial charge is 0.495 e. The van der Waals surface area contributed by atoms with Crippen LogP contribution in [0, 0.1) is 0 Å². The summed E-state index contributed by atoms with van der Waals surface area (Å²) < 4.78 is 6.42. The minimum absolute atomic E-state index is 0.173. The first-order valence-electron chi connectivity index (χ1n) is 8.37. The predicted molar refractivity (Wildman–Crippen MR) is 110 cm³/mol. The van der Waals surface area contributed by atoms with Crippen molar-refractivity contribution in [2.45, 2.75) is 13.1 Å². The molecule has 8 heteroatoms. The van der Waals surface area contributed by atoms with Gasteiger partial charge < -0.3 is 15.8 Å². The Morgan fingerprint density at radius 3 is 2.56 bits per heavy atom. The molecule has 7 nitrogen and oxygen atoms in total. The number of benzene rings is 2. The van der Waals surface area contributed by atoms with Gasteiger partial charge >= 0.3 is 0 Å². The van der Waals surface area contributed by atoms with Gasteiger partial charge in [-0.25, -0.2) is 0 Å². The van der Waals surface area contributed by atoms with Crippen molar-refractivity contribution in [1.29, 1.82) is 0 Å². The van der Waals surface area contributed by atoms with Crippen LogP contribution in [0.3, 0.4) is 0 Å². The maximum absolute atomic E-state index is 5.88. The Labute approximate surface area is 166 Å². The van der Waals surface area contributed by atoms with Crippen molar-refractivity contribution < 1.29 is 4.74 Å². The van der Waals surface area contributed by atoms with Crippen LogP contribution in [0.4, 0.5) is 17.6 Å². The number of rotatable bonds is 7. The van der Waals surface area contributed by atoms with E-state index in [9.17, 15) is 0 Å². The van der Waals surface area contributed by atoms with E-state index in [4.69, 9.17) is 10.5 Å². The topological polar surface area (TPSA) is 89.2 Å². The zero-order valence-electron chi connectivity index (χ0n) is 15.2. The molecule has 0 bridgehead atoms. The van der Waals surface area contributed by atoms with Gasteiger partial charge in [-0.3, -0.25) is 4.90 Å². The second-order valence-electron chi connectivity index (χ2n) is 6.02. The first-order valence-corrected chi connectivity index (χ1v) is 9.17. The van der Waals surface area contributed by atoms with Crippen molar-refractivity contribution in [3.8, 4) is 5.75 Å². The van der Waals surface area contributed by atoms with E-state index < -0.39 is 0 Å². The van der Waals surface area contributed by atoms with Crippen molar-refractivity contribution in [1.82, 2.24) is 19.9 Å². The van der Waals surface area contributed by atoms with Crippen LogP contribution < -0.4 is 15.8 Å². The Morgan fingerprint density at radius 1 is 1.04 bits per heavy atom. The summed E-state index contributed by atoms with van der Waals surface area (Å²) in [4.78, 5) is 15.0. The van der Waals surface area contributed by atoms with Crippen molar-refractivity contribution >= 4 is 33.5 Å². The van der Waals surface area contributed by atoms with E-state index in [1.165, 1.54) is 5.56 Å². The molecule has 0 amide bonds. The van der Waals surface area contributed by atoms with Gasteiger partial charge in [-0.1, -0.05) is 46.3 Å². The average molecular weight is 429 g/mol. The monoisotopic (exact) mass is 428 g/mol. The molecule has 0 aliphatic carbocycles. The highest BCUT2D eigenvalue weighted by atomic mass is 79.9. The number of halogens is 1. The standard InChI is InChI=1S/C19H21BrN6O/c1-26(11-13-7-3-4-8-14(13)20)12-17-23-18(21)25-19(24-17)22-15-9-5-6-10-16(15)27-2/h3-10H,11-12H2,1-2H3,(H3,21,22,23,24,25). The number of nitrogens with two attached hydrogens (primary N) is 1. The normalized spacial score (nSPS) is 10.8. The van der Waals surface area contributed by atoms with E-state index in [1.54, 1.807) is 7.11 Å². The minimum atomic E-state index is 0.173. The average Bonchev–Trinajstić information content (AvgIpc) is 2.63. The number of hydrogen-bond acceptors (Lipinski definition) is 7. The Morgan fingerprint density at radius 2 is 1.78 bits per heavy atom. The zero-order chi connectivity index (χ0) is 19.2. The van der Waals surface area contributed by atoms with Crippen LogP contribution in [0.5, 0.6) is 5.75 Å². The summed E-state index contributed by atoms with van der Waals surface area (Å²) in [5.74, 6) is 1.85. The molecule has 0 atom stereocenters. The number of ether oxygens (including phenoxy) is 1. The molecule has 0 radical (unpaired) electrons.